The van der Waals surface area contributed by atoms with Crippen molar-refractivity contribution in [2.24, 2.45) is 16.5 Å². The topological polar surface area (TPSA) is 125 Å². The summed E-state index contributed by atoms with van der Waals surface area (Å²) in [6, 6.07) is 22.2. The Balaban J connectivity index is 1.43. The third kappa shape index (κ3) is 5.98. The van der Waals surface area contributed by atoms with Gasteiger partial charge in [-0.2, -0.15) is 0 Å². The van der Waals surface area contributed by atoms with Crippen molar-refractivity contribution in [3.63, 3.8) is 0 Å². The first-order valence-corrected chi connectivity index (χ1v) is 11.1. The van der Waals surface area contributed by atoms with Crippen LogP contribution in [0.4, 0.5) is 5.13 Å². The van der Waals surface area contributed by atoms with E-state index in [9.17, 15) is 4.79 Å². The summed E-state index contributed by atoms with van der Waals surface area (Å²) in [4.78, 5) is 21.3. The summed E-state index contributed by atoms with van der Waals surface area (Å²) in [7, 11) is 0. The van der Waals surface area contributed by atoms with E-state index >= 15 is 0 Å². The standard InChI is InChI=1S/C24H23N5O3S/c25-23(26)27-13-6-14-31-20-10-5-4-9-18(20)22(30)29-24-28-19-12-11-17(15-21(19)33-24)32-16-7-2-1-3-8-16/h1-5,7-12,15H,6,13-14H2,(H4,25,26,27)(H,28,29,30). The molecule has 3 aromatic carbocycles. The molecular formula is C24H23N5O3S. The number of amides is 1. The molecule has 0 bridgehead atoms. The summed E-state index contributed by atoms with van der Waals surface area (Å²) in [5.41, 5.74) is 11.8. The average Bonchev–Trinajstić information content (AvgIpc) is 3.21. The molecule has 0 saturated heterocycles. The largest absolute Gasteiger partial charge is 0.493 e. The summed E-state index contributed by atoms with van der Waals surface area (Å²) in [6.07, 6.45) is 0.624. The Kier molecular flexibility index (Phi) is 7.01. The smallest absolute Gasteiger partial charge is 0.261 e. The lowest BCUT2D eigenvalue weighted by atomic mass is 10.2. The molecule has 0 saturated carbocycles. The number of guanidine groups is 1. The lowest BCUT2D eigenvalue weighted by Gasteiger charge is -2.10. The van der Waals surface area contributed by atoms with Crippen LogP contribution in [0.5, 0.6) is 17.2 Å². The maximum Gasteiger partial charge on any atom is 0.261 e. The highest BCUT2D eigenvalue weighted by molar-refractivity contribution is 7.22. The minimum atomic E-state index is -0.297. The minimum absolute atomic E-state index is 0.0457. The van der Waals surface area contributed by atoms with E-state index in [1.165, 1.54) is 11.3 Å². The van der Waals surface area contributed by atoms with Gasteiger partial charge < -0.3 is 20.9 Å². The number of nitrogens with one attached hydrogen (secondary N) is 1. The van der Waals surface area contributed by atoms with Gasteiger partial charge in [0.2, 0.25) is 0 Å². The number of hydrogen-bond donors (Lipinski definition) is 3. The maximum atomic E-state index is 12.9. The van der Waals surface area contributed by atoms with Crippen LogP contribution >= 0.6 is 11.3 Å². The van der Waals surface area contributed by atoms with E-state index < -0.39 is 0 Å². The number of fused-ring (bicyclic) bond motifs is 1. The molecule has 4 rings (SSSR count). The monoisotopic (exact) mass is 461 g/mol. The van der Waals surface area contributed by atoms with Crippen LogP contribution in [0.25, 0.3) is 10.2 Å². The van der Waals surface area contributed by atoms with Crippen molar-refractivity contribution in [2.75, 3.05) is 18.5 Å². The SMILES string of the molecule is NC(N)=NCCCOc1ccccc1C(=O)Nc1nc2ccc(Oc3ccccc3)cc2s1. The predicted octanol–water partition coefficient (Wildman–Crippen LogP) is 4.38. The van der Waals surface area contributed by atoms with Gasteiger partial charge >= 0.3 is 0 Å². The number of thiazole rings is 1. The van der Waals surface area contributed by atoms with Crippen LogP contribution in [0, 0.1) is 0 Å². The lowest BCUT2D eigenvalue weighted by molar-refractivity contribution is 0.102. The van der Waals surface area contributed by atoms with Crippen molar-refractivity contribution in [1.29, 1.82) is 0 Å². The van der Waals surface area contributed by atoms with Gasteiger partial charge in [-0.05, 0) is 36.4 Å². The molecule has 1 amide bonds. The second-order valence-corrected chi connectivity index (χ2v) is 8.05. The van der Waals surface area contributed by atoms with Crippen LogP contribution in [0.15, 0.2) is 77.8 Å². The molecule has 1 heterocycles. The van der Waals surface area contributed by atoms with E-state index in [-0.39, 0.29) is 11.9 Å². The number of nitrogens with zero attached hydrogens (tertiary/aromatic N) is 2. The van der Waals surface area contributed by atoms with Crippen LogP contribution in [0.1, 0.15) is 16.8 Å². The zero-order chi connectivity index (χ0) is 23.0. The number of ether oxygens (including phenoxy) is 2. The number of para-hydroxylation sites is 2. The number of hydrogen-bond acceptors (Lipinski definition) is 6. The number of aromatic nitrogens is 1. The van der Waals surface area contributed by atoms with Gasteiger partial charge in [-0.3, -0.25) is 15.1 Å². The Morgan fingerprint density at radius 3 is 2.61 bits per heavy atom. The van der Waals surface area contributed by atoms with Gasteiger partial charge in [-0.15, -0.1) is 0 Å². The molecule has 0 aliphatic heterocycles. The fourth-order valence-electron chi connectivity index (χ4n) is 3.05. The zero-order valence-corrected chi connectivity index (χ0v) is 18.5. The van der Waals surface area contributed by atoms with Crippen molar-refractivity contribution < 1.29 is 14.3 Å². The molecule has 33 heavy (non-hydrogen) atoms. The molecule has 8 nitrogen and oxygen atoms in total. The number of anilines is 1. The van der Waals surface area contributed by atoms with Gasteiger partial charge in [0.15, 0.2) is 11.1 Å². The molecule has 0 atom stereocenters. The Bertz CT molecular complexity index is 1270. The van der Waals surface area contributed by atoms with Gasteiger partial charge in [0.1, 0.15) is 17.2 Å². The molecule has 5 N–H and O–H groups in total. The summed E-state index contributed by atoms with van der Waals surface area (Å²) < 4.78 is 12.6. The number of rotatable bonds is 9. The Labute approximate surface area is 194 Å². The number of carbonyl (C=O) groups excluding carboxylic acids is 1. The van der Waals surface area contributed by atoms with Crippen LogP contribution in [-0.2, 0) is 0 Å². The van der Waals surface area contributed by atoms with E-state index in [1.54, 1.807) is 18.2 Å². The van der Waals surface area contributed by atoms with E-state index in [0.717, 1.165) is 16.0 Å². The molecule has 1 aromatic heterocycles. The summed E-state index contributed by atoms with van der Waals surface area (Å²) >= 11 is 1.38. The van der Waals surface area contributed by atoms with Crippen molar-refractivity contribution in [3.8, 4) is 17.2 Å². The van der Waals surface area contributed by atoms with E-state index in [4.69, 9.17) is 20.9 Å². The van der Waals surface area contributed by atoms with Gasteiger partial charge in [0.25, 0.3) is 5.91 Å². The van der Waals surface area contributed by atoms with Crippen molar-refractivity contribution >= 4 is 38.6 Å². The summed E-state index contributed by atoms with van der Waals surface area (Å²) in [6.45, 7) is 0.838. The first-order chi connectivity index (χ1) is 16.1. The van der Waals surface area contributed by atoms with E-state index in [1.807, 2.05) is 54.6 Å². The molecule has 0 unspecified atom stereocenters. The normalized spacial score (nSPS) is 10.5. The second-order valence-electron chi connectivity index (χ2n) is 7.02. The molecule has 4 aromatic rings. The summed E-state index contributed by atoms with van der Waals surface area (Å²) in [5.74, 6) is 1.69. The number of nitrogens with two attached hydrogens (primary N) is 2. The summed E-state index contributed by atoms with van der Waals surface area (Å²) in [5, 5.41) is 3.36. The van der Waals surface area contributed by atoms with Gasteiger partial charge in [0, 0.05) is 19.0 Å². The predicted molar refractivity (Wildman–Crippen MR) is 131 cm³/mol. The molecule has 9 heteroatoms. The molecular weight excluding hydrogens is 438 g/mol. The third-order valence-corrected chi connectivity index (χ3v) is 5.48. The van der Waals surface area contributed by atoms with E-state index in [2.05, 4.69) is 15.3 Å². The number of carbonyl (C=O) groups is 1. The fourth-order valence-corrected chi connectivity index (χ4v) is 3.94. The first kappa shape index (κ1) is 22.1. The van der Waals surface area contributed by atoms with Crippen molar-refractivity contribution in [1.82, 2.24) is 4.98 Å². The Hall–Kier alpha value is -4.11. The molecule has 0 radical (unpaired) electrons. The van der Waals surface area contributed by atoms with Gasteiger partial charge in [-0.1, -0.05) is 41.7 Å². The van der Waals surface area contributed by atoms with Crippen molar-refractivity contribution in [3.05, 3.63) is 78.4 Å². The highest BCUT2D eigenvalue weighted by Crippen LogP contribution is 2.32. The number of benzene rings is 3. The average molecular weight is 462 g/mol. The Morgan fingerprint density at radius 1 is 1.00 bits per heavy atom. The molecule has 0 fully saturated rings. The fraction of sp³-hybridized carbons (Fsp3) is 0.125. The van der Waals surface area contributed by atoms with Crippen LogP contribution < -0.4 is 26.3 Å². The third-order valence-electron chi connectivity index (χ3n) is 4.55. The van der Waals surface area contributed by atoms with Crippen molar-refractivity contribution in [2.45, 2.75) is 6.42 Å². The zero-order valence-electron chi connectivity index (χ0n) is 17.7. The van der Waals surface area contributed by atoms with Crippen LogP contribution in [0.2, 0.25) is 0 Å². The molecule has 0 aliphatic rings. The van der Waals surface area contributed by atoms with Gasteiger partial charge in [-0.25, -0.2) is 4.98 Å². The number of aliphatic imine (C=N–C) groups is 1. The highest BCUT2D eigenvalue weighted by Gasteiger charge is 2.15. The second kappa shape index (κ2) is 10.5. The highest BCUT2D eigenvalue weighted by atomic mass is 32.1. The quantitative estimate of drug-likeness (QED) is 0.193. The maximum absolute atomic E-state index is 12.9. The van der Waals surface area contributed by atoms with Crippen LogP contribution in [-0.4, -0.2) is 30.0 Å². The van der Waals surface area contributed by atoms with E-state index in [0.29, 0.717) is 41.8 Å². The lowest BCUT2D eigenvalue weighted by Crippen LogP contribution is -2.23. The van der Waals surface area contributed by atoms with Gasteiger partial charge in [0.05, 0.1) is 22.4 Å². The molecule has 0 aliphatic carbocycles. The first-order valence-electron chi connectivity index (χ1n) is 10.3. The van der Waals surface area contributed by atoms with Crippen LogP contribution in [0.3, 0.4) is 0 Å². The molecule has 168 valence electrons. The Morgan fingerprint density at radius 2 is 1.79 bits per heavy atom. The molecule has 0 spiro atoms. The minimum Gasteiger partial charge on any atom is -0.493 e.